The second kappa shape index (κ2) is 5.32. The van der Waals surface area contributed by atoms with Crippen molar-refractivity contribution < 1.29 is 0 Å². The molecule has 2 saturated heterocycles. The van der Waals surface area contributed by atoms with E-state index in [1.54, 1.807) is 0 Å². The number of rotatable bonds is 3. The fourth-order valence-electron chi connectivity index (χ4n) is 3.52. The van der Waals surface area contributed by atoms with Gasteiger partial charge in [-0.25, -0.2) is 0 Å². The van der Waals surface area contributed by atoms with E-state index in [-0.39, 0.29) is 0 Å². The maximum atomic E-state index is 3.51. The smallest absolute Gasteiger partial charge is 0.0346 e. The normalized spacial score (nSPS) is 26.0. The van der Waals surface area contributed by atoms with Crippen molar-refractivity contribution in [3.05, 3.63) is 47.3 Å². The summed E-state index contributed by atoms with van der Waals surface area (Å²) in [6.07, 6.45) is 0. The van der Waals surface area contributed by atoms with Gasteiger partial charge in [0.25, 0.3) is 0 Å². The molecule has 3 heterocycles. The van der Waals surface area contributed by atoms with Crippen LogP contribution in [0.5, 0.6) is 0 Å². The van der Waals surface area contributed by atoms with Crippen molar-refractivity contribution in [1.82, 2.24) is 10.2 Å². The molecule has 104 valence electrons. The van der Waals surface area contributed by atoms with Gasteiger partial charge in [-0.15, -0.1) is 11.3 Å². The first kappa shape index (κ1) is 12.6. The predicted octanol–water partition coefficient (Wildman–Crippen LogP) is 3.07. The first-order valence-electron chi connectivity index (χ1n) is 7.46. The first-order valence-corrected chi connectivity index (χ1v) is 8.27. The number of hydrogen-bond donors (Lipinski definition) is 1. The maximum Gasteiger partial charge on any atom is 0.0346 e. The molecule has 20 heavy (non-hydrogen) atoms. The van der Waals surface area contributed by atoms with Gasteiger partial charge in [-0.05, 0) is 42.6 Å². The number of fused-ring (bicyclic) bond motifs is 1. The summed E-state index contributed by atoms with van der Waals surface area (Å²) in [7, 11) is 0. The Morgan fingerprint density at radius 3 is 2.50 bits per heavy atom. The van der Waals surface area contributed by atoms with E-state index in [0.29, 0.717) is 0 Å². The molecule has 0 bridgehead atoms. The van der Waals surface area contributed by atoms with Crippen molar-refractivity contribution in [1.29, 1.82) is 0 Å². The number of thiophene rings is 1. The summed E-state index contributed by atoms with van der Waals surface area (Å²) in [6, 6.07) is 15.3. The molecule has 0 saturated carbocycles. The molecule has 0 radical (unpaired) electrons. The summed E-state index contributed by atoms with van der Waals surface area (Å²) in [4.78, 5) is 5.52. The summed E-state index contributed by atoms with van der Waals surface area (Å²) in [6.45, 7) is 6.12. The molecule has 2 nitrogen and oxygen atoms in total. The van der Waals surface area contributed by atoms with Gasteiger partial charge >= 0.3 is 0 Å². The van der Waals surface area contributed by atoms with E-state index in [4.69, 9.17) is 0 Å². The van der Waals surface area contributed by atoms with Crippen LogP contribution in [0.4, 0.5) is 0 Å². The van der Waals surface area contributed by atoms with Crippen LogP contribution < -0.4 is 5.32 Å². The van der Waals surface area contributed by atoms with Gasteiger partial charge in [0.15, 0.2) is 0 Å². The van der Waals surface area contributed by atoms with Gasteiger partial charge in [0.05, 0.1) is 0 Å². The van der Waals surface area contributed by atoms with Gasteiger partial charge in [-0.1, -0.05) is 30.3 Å². The van der Waals surface area contributed by atoms with E-state index in [1.807, 2.05) is 11.3 Å². The topological polar surface area (TPSA) is 15.3 Å². The quantitative estimate of drug-likeness (QED) is 0.932. The lowest BCUT2D eigenvalue weighted by Crippen LogP contribution is -2.24. The van der Waals surface area contributed by atoms with Gasteiger partial charge in [0.2, 0.25) is 0 Å². The second-order valence-corrected chi connectivity index (χ2v) is 7.17. The number of likely N-dealkylation sites (tertiary alicyclic amines) is 1. The molecule has 4 rings (SSSR count). The molecule has 2 atom stereocenters. The predicted molar refractivity (Wildman–Crippen MR) is 84.9 cm³/mol. The highest BCUT2D eigenvalue weighted by Gasteiger charge is 2.35. The summed E-state index contributed by atoms with van der Waals surface area (Å²) >= 11 is 1.94. The summed E-state index contributed by atoms with van der Waals surface area (Å²) < 4.78 is 0. The monoisotopic (exact) mass is 284 g/mol. The van der Waals surface area contributed by atoms with Crippen LogP contribution in [-0.4, -0.2) is 31.1 Å². The van der Waals surface area contributed by atoms with E-state index in [0.717, 1.165) is 18.4 Å². The van der Waals surface area contributed by atoms with Crippen LogP contribution in [0.1, 0.15) is 4.88 Å². The third-order valence-corrected chi connectivity index (χ3v) is 5.68. The minimum Gasteiger partial charge on any atom is -0.316 e. The molecule has 1 aromatic carbocycles. The Labute approximate surface area is 124 Å². The highest BCUT2D eigenvalue weighted by molar-refractivity contribution is 7.15. The Bertz CT molecular complexity index is 566. The molecular formula is C17H20N2S. The zero-order chi connectivity index (χ0) is 13.4. The average Bonchev–Trinajstić information content (AvgIpc) is 3.16. The molecule has 2 aliphatic heterocycles. The molecule has 2 aliphatic rings. The molecule has 0 spiro atoms. The molecule has 1 N–H and O–H groups in total. The lowest BCUT2D eigenvalue weighted by atomic mass is 10.0. The summed E-state index contributed by atoms with van der Waals surface area (Å²) in [5.41, 5.74) is 1.34. The molecule has 0 amide bonds. The van der Waals surface area contributed by atoms with Crippen molar-refractivity contribution in [2.75, 3.05) is 26.2 Å². The molecule has 2 unspecified atom stereocenters. The molecule has 3 heteroatoms. The maximum absolute atomic E-state index is 3.51. The highest BCUT2D eigenvalue weighted by Crippen LogP contribution is 2.31. The fourth-order valence-corrected chi connectivity index (χ4v) is 4.58. The molecule has 0 aliphatic carbocycles. The third-order valence-electron chi connectivity index (χ3n) is 4.56. The van der Waals surface area contributed by atoms with Crippen LogP contribution in [-0.2, 0) is 6.54 Å². The van der Waals surface area contributed by atoms with Crippen LogP contribution in [0.3, 0.4) is 0 Å². The molecule has 2 fully saturated rings. The van der Waals surface area contributed by atoms with Crippen LogP contribution >= 0.6 is 11.3 Å². The summed E-state index contributed by atoms with van der Waals surface area (Å²) in [5.74, 6) is 1.78. The third kappa shape index (κ3) is 2.41. The Kier molecular flexibility index (Phi) is 3.34. The second-order valence-electron chi connectivity index (χ2n) is 6.00. The van der Waals surface area contributed by atoms with E-state index in [9.17, 15) is 0 Å². The zero-order valence-corrected chi connectivity index (χ0v) is 12.4. The van der Waals surface area contributed by atoms with Gasteiger partial charge in [0.1, 0.15) is 0 Å². The Balaban J connectivity index is 1.44. The van der Waals surface area contributed by atoms with Crippen LogP contribution in [0.25, 0.3) is 10.4 Å². The lowest BCUT2D eigenvalue weighted by Gasteiger charge is -2.15. The van der Waals surface area contributed by atoms with Crippen molar-refractivity contribution >= 4 is 11.3 Å². The van der Waals surface area contributed by atoms with Crippen LogP contribution in [0.2, 0.25) is 0 Å². The molecular weight excluding hydrogens is 264 g/mol. The van der Waals surface area contributed by atoms with Gasteiger partial charge in [-0.2, -0.15) is 0 Å². The number of benzene rings is 1. The van der Waals surface area contributed by atoms with Crippen LogP contribution in [0, 0.1) is 11.8 Å². The SMILES string of the molecule is c1ccc(-c2ccc(CN3CC4CNCC4C3)s2)cc1. The highest BCUT2D eigenvalue weighted by atomic mass is 32.1. The number of nitrogens with zero attached hydrogens (tertiary/aromatic N) is 1. The fraction of sp³-hybridized carbons (Fsp3) is 0.412. The van der Waals surface area contributed by atoms with E-state index in [2.05, 4.69) is 52.7 Å². The molecule has 2 aromatic rings. The van der Waals surface area contributed by atoms with E-state index < -0.39 is 0 Å². The van der Waals surface area contributed by atoms with Crippen molar-refractivity contribution in [2.45, 2.75) is 6.54 Å². The zero-order valence-electron chi connectivity index (χ0n) is 11.6. The van der Waals surface area contributed by atoms with Crippen LogP contribution in [0.15, 0.2) is 42.5 Å². The Morgan fingerprint density at radius 2 is 1.75 bits per heavy atom. The van der Waals surface area contributed by atoms with Crippen molar-refractivity contribution in [3.63, 3.8) is 0 Å². The number of hydrogen-bond acceptors (Lipinski definition) is 3. The van der Waals surface area contributed by atoms with E-state index in [1.165, 1.54) is 41.5 Å². The minimum absolute atomic E-state index is 0.892. The van der Waals surface area contributed by atoms with Crippen molar-refractivity contribution in [3.8, 4) is 10.4 Å². The Hall–Kier alpha value is -1.16. The lowest BCUT2D eigenvalue weighted by molar-refractivity contribution is 0.308. The minimum atomic E-state index is 0.892. The molecule has 1 aromatic heterocycles. The first-order chi connectivity index (χ1) is 9.88. The average molecular weight is 284 g/mol. The van der Waals surface area contributed by atoms with E-state index >= 15 is 0 Å². The van der Waals surface area contributed by atoms with Gasteiger partial charge in [-0.3, -0.25) is 4.90 Å². The standard InChI is InChI=1S/C17H20N2S/c1-2-4-13(5-3-1)17-7-6-16(20-17)12-19-10-14-8-18-9-15(14)11-19/h1-7,14-15,18H,8-12H2. The Morgan fingerprint density at radius 1 is 1.00 bits per heavy atom. The van der Waals surface area contributed by atoms with Gasteiger partial charge < -0.3 is 5.32 Å². The summed E-state index contributed by atoms with van der Waals surface area (Å²) in [5, 5.41) is 3.51. The number of nitrogens with one attached hydrogen (secondary N) is 1. The van der Waals surface area contributed by atoms with Gasteiger partial charge in [0, 0.05) is 29.4 Å². The van der Waals surface area contributed by atoms with Crippen molar-refractivity contribution in [2.24, 2.45) is 11.8 Å². The largest absolute Gasteiger partial charge is 0.316 e.